The van der Waals surface area contributed by atoms with Gasteiger partial charge in [-0.25, -0.2) is 19.2 Å². The fourth-order valence-electron chi connectivity index (χ4n) is 1.64. The third-order valence-corrected chi connectivity index (χ3v) is 3.37. The molecule has 0 unspecified atom stereocenters. The minimum atomic E-state index is -1.34. The number of aromatic carboxylic acids is 1. The van der Waals surface area contributed by atoms with Gasteiger partial charge in [-0.05, 0) is 30.0 Å². The summed E-state index contributed by atoms with van der Waals surface area (Å²) in [6.07, 6.45) is 1.23. The molecule has 20 heavy (non-hydrogen) atoms. The number of carbonyl (C=O) groups is 1. The number of benzene rings is 1. The molecule has 3 rings (SSSR count). The molecule has 1 aromatic carbocycles. The van der Waals surface area contributed by atoms with Gasteiger partial charge in [-0.2, -0.15) is 0 Å². The van der Waals surface area contributed by atoms with Gasteiger partial charge in [0, 0.05) is 6.20 Å². The Kier molecular flexibility index (Phi) is 3.11. The van der Waals surface area contributed by atoms with Crippen LogP contribution in [0.15, 0.2) is 51.2 Å². The van der Waals surface area contributed by atoms with E-state index < -0.39 is 17.3 Å². The summed E-state index contributed by atoms with van der Waals surface area (Å²) in [6.45, 7) is 0. The van der Waals surface area contributed by atoms with Crippen molar-refractivity contribution in [3.8, 4) is 0 Å². The fourth-order valence-corrected chi connectivity index (χ4v) is 2.39. The number of pyridine rings is 1. The van der Waals surface area contributed by atoms with Crippen LogP contribution in [0.5, 0.6) is 0 Å². The number of fused-ring (bicyclic) bond motifs is 1. The minimum Gasteiger partial charge on any atom is -0.478 e. The second-order valence-electron chi connectivity index (χ2n) is 3.83. The molecule has 100 valence electrons. The highest BCUT2D eigenvalue weighted by Gasteiger charge is 2.18. The zero-order chi connectivity index (χ0) is 14.1. The summed E-state index contributed by atoms with van der Waals surface area (Å²) in [5.41, 5.74) is 0.785. The van der Waals surface area contributed by atoms with Crippen molar-refractivity contribution in [2.45, 2.75) is 10.2 Å². The van der Waals surface area contributed by atoms with Gasteiger partial charge < -0.3 is 9.52 Å². The quantitative estimate of drug-likeness (QED) is 0.798. The smallest absolute Gasteiger partial charge is 0.338 e. The highest BCUT2D eigenvalue weighted by atomic mass is 32.2. The molecule has 0 bridgehead atoms. The van der Waals surface area contributed by atoms with E-state index in [2.05, 4.69) is 9.97 Å². The highest BCUT2D eigenvalue weighted by molar-refractivity contribution is 7.99. The van der Waals surface area contributed by atoms with Crippen molar-refractivity contribution in [3.63, 3.8) is 0 Å². The van der Waals surface area contributed by atoms with Gasteiger partial charge in [-0.3, -0.25) is 0 Å². The monoisotopic (exact) mass is 290 g/mol. The molecule has 0 amide bonds. The zero-order valence-corrected chi connectivity index (χ0v) is 10.7. The fraction of sp³-hybridized carbons (Fsp3) is 0. The number of nitrogens with zero attached hydrogens (tertiary/aromatic N) is 2. The van der Waals surface area contributed by atoms with E-state index in [-0.39, 0.29) is 10.2 Å². The number of carboxylic acids is 1. The Morgan fingerprint density at radius 2 is 2.10 bits per heavy atom. The van der Waals surface area contributed by atoms with Crippen molar-refractivity contribution in [1.29, 1.82) is 0 Å². The number of hydrogen-bond donors (Lipinski definition) is 1. The molecule has 2 heterocycles. The maximum Gasteiger partial charge on any atom is 0.338 e. The second kappa shape index (κ2) is 4.93. The van der Waals surface area contributed by atoms with Crippen LogP contribution in [0.1, 0.15) is 10.4 Å². The number of hydrogen-bond acceptors (Lipinski definition) is 5. The first-order chi connectivity index (χ1) is 9.65. The normalized spacial score (nSPS) is 10.8. The minimum absolute atomic E-state index is 0.0866. The molecule has 0 fully saturated rings. The summed E-state index contributed by atoms with van der Waals surface area (Å²) in [7, 11) is 0. The van der Waals surface area contributed by atoms with Crippen LogP contribution in [0.2, 0.25) is 0 Å². The van der Waals surface area contributed by atoms with Crippen molar-refractivity contribution in [3.05, 3.63) is 47.9 Å². The van der Waals surface area contributed by atoms with Gasteiger partial charge in [0.15, 0.2) is 11.4 Å². The number of aromatic nitrogens is 2. The summed E-state index contributed by atoms with van der Waals surface area (Å²) in [4.78, 5) is 18.8. The highest BCUT2D eigenvalue weighted by Crippen LogP contribution is 2.30. The van der Waals surface area contributed by atoms with Gasteiger partial charge in [0.2, 0.25) is 0 Å². The number of para-hydroxylation sites is 2. The summed E-state index contributed by atoms with van der Waals surface area (Å²) < 4.78 is 19.4. The molecule has 0 atom stereocenters. The first-order valence-electron chi connectivity index (χ1n) is 5.56. The molecule has 2 aromatic heterocycles. The topological polar surface area (TPSA) is 76.2 Å². The SMILES string of the molecule is O=C(O)c1ccnc(Sc2nc3ccccc3o2)c1F. The predicted molar refractivity (Wildman–Crippen MR) is 69.3 cm³/mol. The van der Waals surface area contributed by atoms with Crippen molar-refractivity contribution >= 4 is 28.8 Å². The Morgan fingerprint density at radius 3 is 2.85 bits per heavy atom. The Balaban J connectivity index is 1.98. The number of rotatable bonds is 3. The van der Waals surface area contributed by atoms with E-state index in [1.54, 1.807) is 18.2 Å². The molecule has 0 aliphatic rings. The number of halogens is 1. The van der Waals surface area contributed by atoms with E-state index >= 15 is 0 Å². The van der Waals surface area contributed by atoms with Crippen LogP contribution in [-0.4, -0.2) is 21.0 Å². The van der Waals surface area contributed by atoms with E-state index in [0.717, 1.165) is 17.8 Å². The Bertz CT molecular complexity index is 770. The molecule has 0 saturated carbocycles. The first-order valence-corrected chi connectivity index (χ1v) is 6.38. The van der Waals surface area contributed by atoms with Gasteiger partial charge in [-0.1, -0.05) is 12.1 Å². The van der Waals surface area contributed by atoms with Gasteiger partial charge in [0.05, 0.1) is 5.56 Å². The standard InChI is InChI=1S/C13H7FN2O3S/c14-10-7(12(17)18)5-6-15-11(10)20-13-16-8-3-1-2-4-9(8)19-13/h1-6H,(H,17,18). The Hall–Kier alpha value is -2.41. The van der Waals surface area contributed by atoms with E-state index in [1.807, 2.05) is 6.07 Å². The van der Waals surface area contributed by atoms with Crippen molar-refractivity contribution in [2.75, 3.05) is 0 Å². The summed E-state index contributed by atoms with van der Waals surface area (Å²) in [6, 6.07) is 8.22. The zero-order valence-electron chi connectivity index (χ0n) is 9.91. The van der Waals surface area contributed by atoms with E-state index in [0.29, 0.717) is 11.1 Å². The first kappa shape index (κ1) is 12.6. The largest absolute Gasteiger partial charge is 0.478 e. The molecule has 0 saturated heterocycles. The Morgan fingerprint density at radius 1 is 1.30 bits per heavy atom. The number of carboxylic acid groups (broad SMARTS) is 1. The lowest BCUT2D eigenvalue weighted by Gasteiger charge is -2.01. The maximum absolute atomic E-state index is 13.9. The summed E-state index contributed by atoms with van der Waals surface area (Å²) >= 11 is 0.844. The Labute approximate surface area is 116 Å². The van der Waals surface area contributed by atoms with Crippen LogP contribution in [0.3, 0.4) is 0 Å². The molecule has 1 N–H and O–H groups in total. The van der Waals surface area contributed by atoms with Crippen LogP contribution in [0.25, 0.3) is 11.1 Å². The van der Waals surface area contributed by atoms with Crippen LogP contribution in [0, 0.1) is 5.82 Å². The van der Waals surface area contributed by atoms with Gasteiger partial charge in [0.1, 0.15) is 10.5 Å². The van der Waals surface area contributed by atoms with Gasteiger partial charge >= 0.3 is 5.97 Å². The molecule has 0 aliphatic heterocycles. The third kappa shape index (κ3) is 2.23. The summed E-state index contributed by atoms with van der Waals surface area (Å²) in [5, 5.41) is 8.98. The van der Waals surface area contributed by atoms with Crippen molar-refractivity contribution in [2.24, 2.45) is 0 Å². The predicted octanol–water partition coefficient (Wildman–Crippen LogP) is 3.21. The van der Waals surface area contributed by atoms with Crippen LogP contribution in [-0.2, 0) is 0 Å². The van der Waals surface area contributed by atoms with E-state index in [4.69, 9.17) is 9.52 Å². The van der Waals surface area contributed by atoms with Crippen LogP contribution >= 0.6 is 11.8 Å². The average Bonchev–Trinajstić information content (AvgIpc) is 2.83. The summed E-state index contributed by atoms with van der Waals surface area (Å²) in [5.74, 6) is -2.24. The van der Waals surface area contributed by atoms with E-state index in [1.165, 1.54) is 6.20 Å². The molecule has 7 heteroatoms. The van der Waals surface area contributed by atoms with Crippen LogP contribution < -0.4 is 0 Å². The average molecular weight is 290 g/mol. The molecule has 5 nitrogen and oxygen atoms in total. The second-order valence-corrected chi connectivity index (χ2v) is 4.77. The molecule has 3 aromatic rings. The lowest BCUT2D eigenvalue weighted by atomic mass is 10.3. The van der Waals surface area contributed by atoms with Gasteiger partial charge in [0.25, 0.3) is 5.22 Å². The lowest BCUT2D eigenvalue weighted by Crippen LogP contribution is -2.02. The number of oxazole rings is 1. The van der Waals surface area contributed by atoms with Gasteiger partial charge in [-0.15, -0.1) is 0 Å². The maximum atomic E-state index is 13.9. The molecular formula is C13H7FN2O3S. The molecular weight excluding hydrogens is 283 g/mol. The van der Waals surface area contributed by atoms with Crippen molar-refractivity contribution in [1.82, 2.24) is 9.97 Å². The molecule has 0 spiro atoms. The molecule has 0 radical (unpaired) electrons. The van der Waals surface area contributed by atoms with Crippen molar-refractivity contribution < 1.29 is 18.7 Å². The van der Waals surface area contributed by atoms with E-state index in [9.17, 15) is 9.18 Å². The molecule has 0 aliphatic carbocycles. The van der Waals surface area contributed by atoms with Crippen LogP contribution in [0.4, 0.5) is 4.39 Å². The lowest BCUT2D eigenvalue weighted by molar-refractivity contribution is 0.0691. The third-order valence-electron chi connectivity index (χ3n) is 2.55.